The Labute approximate surface area is 79.5 Å². The van der Waals surface area contributed by atoms with E-state index in [9.17, 15) is 4.79 Å². The summed E-state index contributed by atoms with van der Waals surface area (Å²) in [5, 5.41) is 0. The Balaban J connectivity index is 2.78. The molecule has 1 aliphatic rings. The quantitative estimate of drug-likeness (QED) is 0.469. The first kappa shape index (κ1) is 9.98. The van der Waals surface area contributed by atoms with Crippen LogP contribution in [0.1, 0.15) is 33.6 Å². The van der Waals surface area contributed by atoms with Gasteiger partial charge in [-0.25, -0.2) is 4.85 Å². The number of Topliss-reactive ketones (excluding diaryl/α,β-unsaturated/α-hetero) is 1. The molecule has 0 aromatic heterocycles. The average Bonchev–Trinajstić information content (AvgIpc) is 2.80. The molecule has 13 heavy (non-hydrogen) atoms. The van der Waals surface area contributed by atoms with Crippen LogP contribution in [0.5, 0.6) is 0 Å². The van der Waals surface area contributed by atoms with Crippen LogP contribution in [0.15, 0.2) is 11.8 Å². The molecule has 0 heterocycles. The first-order valence-electron chi connectivity index (χ1n) is 4.59. The van der Waals surface area contributed by atoms with E-state index in [0.29, 0.717) is 11.6 Å². The second kappa shape index (κ2) is 3.33. The molecule has 0 radical (unpaired) electrons. The molecular weight excluding hydrogens is 162 g/mol. The summed E-state index contributed by atoms with van der Waals surface area (Å²) in [6.07, 6.45) is 4.10. The number of allylic oxidation sites excluding steroid dienone is 2. The Kier molecular flexibility index (Phi) is 2.56. The minimum atomic E-state index is -0.425. The van der Waals surface area contributed by atoms with Crippen molar-refractivity contribution in [1.82, 2.24) is 0 Å². The van der Waals surface area contributed by atoms with Gasteiger partial charge in [0.1, 0.15) is 0 Å². The third-order valence-electron chi connectivity index (χ3n) is 2.05. The van der Waals surface area contributed by atoms with Gasteiger partial charge >= 0.3 is 0 Å². The van der Waals surface area contributed by atoms with Gasteiger partial charge < -0.3 is 4.79 Å². The number of rotatable bonds is 2. The number of ketones is 1. The topological polar surface area (TPSA) is 21.4 Å². The zero-order chi connectivity index (χ0) is 10.1. The first-order chi connectivity index (χ1) is 5.95. The van der Waals surface area contributed by atoms with Crippen molar-refractivity contribution in [3.05, 3.63) is 23.2 Å². The van der Waals surface area contributed by atoms with Crippen molar-refractivity contribution in [1.29, 1.82) is 0 Å². The van der Waals surface area contributed by atoms with E-state index in [4.69, 9.17) is 6.57 Å². The summed E-state index contributed by atoms with van der Waals surface area (Å²) in [5.74, 6) is 0.463. The highest BCUT2D eigenvalue weighted by molar-refractivity contribution is 6.00. The maximum atomic E-state index is 11.7. The molecule has 2 heteroatoms. The van der Waals surface area contributed by atoms with Crippen molar-refractivity contribution in [2.75, 3.05) is 0 Å². The molecule has 2 nitrogen and oxygen atoms in total. The van der Waals surface area contributed by atoms with Crippen LogP contribution in [0.3, 0.4) is 0 Å². The van der Waals surface area contributed by atoms with Gasteiger partial charge in [-0.15, -0.1) is 0 Å². The van der Waals surface area contributed by atoms with E-state index in [-0.39, 0.29) is 5.78 Å². The van der Waals surface area contributed by atoms with Gasteiger partial charge in [-0.1, -0.05) is 26.8 Å². The molecule has 0 bridgehead atoms. The average molecular weight is 177 g/mol. The van der Waals surface area contributed by atoms with Crippen molar-refractivity contribution >= 4 is 5.78 Å². The molecule has 0 atom stereocenters. The SMILES string of the molecule is [C-]#[N+]/C(=C\C1CC1)C(=O)C(C)(C)C. The molecule has 1 aliphatic carbocycles. The standard InChI is InChI=1S/C11H15NO/c1-11(2,3)10(13)9(12-4)7-8-5-6-8/h7-8H,5-6H2,1-3H3/b9-7-. The zero-order valence-corrected chi connectivity index (χ0v) is 8.42. The third kappa shape index (κ3) is 2.69. The highest BCUT2D eigenvalue weighted by Crippen LogP contribution is 2.33. The molecule has 70 valence electrons. The summed E-state index contributed by atoms with van der Waals surface area (Å²) in [5.41, 5.74) is -0.0966. The van der Waals surface area contributed by atoms with Crippen LogP contribution in [-0.4, -0.2) is 5.78 Å². The Morgan fingerprint density at radius 2 is 2.00 bits per heavy atom. The molecule has 0 amide bonds. The molecule has 1 rings (SSSR count). The number of hydrogen-bond acceptors (Lipinski definition) is 1. The molecule has 0 aliphatic heterocycles. The molecule has 0 aromatic rings. The van der Waals surface area contributed by atoms with E-state index in [0.717, 1.165) is 12.8 Å². The molecule has 0 spiro atoms. The van der Waals surface area contributed by atoms with Gasteiger partial charge in [0, 0.05) is 5.41 Å². The molecule has 0 N–H and O–H groups in total. The van der Waals surface area contributed by atoms with Crippen LogP contribution in [0.4, 0.5) is 0 Å². The monoisotopic (exact) mass is 177 g/mol. The lowest BCUT2D eigenvalue weighted by molar-refractivity contribution is -0.122. The van der Waals surface area contributed by atoms with Crippen LogP contribution in [0.2, 0.25) is 0 Å². The fourth-order valence-electron chi connectivity index (χ4n) is 1.03. The van der Waals surface area contributed by atoms with Crippen LogP contribution < -0.4 is 0 Å². The van der Waals surface area contributed by atoms with Crippen molar-refractivity contribution in [3.8, 4) is 0 Å². The Morgan fingerprint density at radius 3 is 2.31 bits per heavy atom. The van der Waals surface area contributed by atoms with Gasteiger partial charge in [0.2, 0.25) is 5.70 Å². The summed E-state index contributed by atoms with van der Waals surface area (Å²) in [7, 11) is 0. The van der Waals surface area contributed by atoms with Crippen LogP contribution in [0, 0.1) is 17.9 Å². The lowest BCUT2D eigenvalue weighted by atomic mass is 9.88. The number of hydrogen-bond donors (Lipinski definition) is 0. The molecule has 1 fully saturated rings. The smallest absolute Gasteiger partial charge is 0.226 e. The van der Waals surface area contributed by atoms with E-state index in [1.54, 1.807) is 0 Å². The Bertz CT molecular complexity index is 284. The Morgan fingerprint density at radius 1 is 1.46 bits per heavy atom. The maximum absolute atomic E-state index is 11.7. The second-order valence-corrected chi connectivity index (χ2v) is 4.58. The summed E-state index contributed by atoms with van der Waals surface area (Å²) in [6.45, 7) is 12.5. The van der Waals surface area contributed by atoms with Crippen LogP contribution >= 0.6 is 0 Å². The van der Waals surface area contributed by atoms with Crippen molar-refractivity contribution in [2.45, 2.75) is 33.6 Å². The van der Waals surface area contributed by atoms with Crippen LogP contribution in [-0.2, 0) is 4.79 Å². The molecule has 1 saturated carbocycles. The number of carbonyl (C=O) groups is 1. The van der Waals surface area contributed by atoms with E-state index < -0.39 is 5.41 Å². The van der Waals surface area contributed by atoms with Gasteiger partial charge in [-0.05, 0) is 18.8 Å². The van der Waals surface area contributed by atoms with Gasteiger partial charge in [0.25, 0.3) is 0 Å². The Hall–Kier alpha value is -1.10. The molecule has 0 aromatic carbocycles. The largest absolute Gasteiger partial charge is 0.307 e. The fraction of sp³-hybridized carbons (Fsp3) is 0.636. The highest BCUT2D eigenvalue weighted by atomic mass is 16.1. The lowest BCUT2D eigenvalue weighted by Crippen LogP contribution is -2.20. The fourth-order valence-corrected chi connectivity index (χ4v) is 1.03. The second-order valence-electron chi connectivity index (χ2n) is 4.58. The summed E-state index contributed by atoms with van der Waals surface area (Å²) >= 11 is 0. The maximum Gasteiger partial charge on any atom is 0.226 e. The molecule has 0 saturated heterocycles. The summed E-state index contributed by atoms with van der Waals surface area (Å²) in [6, 6.07) is 0. The third-order valence-corrected chi connectivity index (χ3v) is 2.05. The number of carbonyl (C=O) groups excluding carboxylic acids is 1. The first-order valence-corrected chi connectivity index (χ1v) is 4.59. The zero-order valence-electron chi connectivity index (χ0n) is 8.42. The normalized spacial score (nSPS) is 18.2. The predicted octanol–water partition coefficient (Wildman–Crippen LogP) is 2.81. The van der Waals surface area contributed by atoms with E-state index in [1.165, 1.54) is 0 Å². The summed E-state index contributed by atoms with van der Waals surface area (Å²) in [4.78, 5) is 15.0. The van der Waals surface area contributed by atoms with E-state index >= 15 is 0 Å². The molecule has 0 unspecified atom stereocenters. The summed E-state index contributed by atoms with van der Waals surface area (Å²) < 4.78 is 0. The van der Waals surface area contributed by atoms with E-state index in [2.05, 4.69) is 4.85 Å². The number of nitrogens with zero attached hydrogens (tertiary/aromatic N) is 1. The van der Waals surface area contributed by atoms with Crippen molar-refractivity contribution in [2.24, 2.45) is 11.3 Å². The van der Waals surface area contributed by atoms with Gasteiger partial charge in [0.05, 0.1) is 6.57 Å². The minimum Gasteiger partial charge on any atom is -0.307 e. The predicted molar refractivity (Wildman–Crippen MR) is 51.9 cm³/mol. The highest BCUT2D eigenvalue weighted by Gasteiger charge is 2.28. The van der Waals surface area contributed by atoms with Crippen molar-refractivity contribution in [3.63, 3.8) is 0 Å². The van der Waals surface area contributed by atoms with Gasteiger partial charge in [-0.2, -0.15) is 0 Å². The van der Waals surface area contributed by atoms with E-state index in [1.807, 2.05) is 26.8 Å². The molecular formula is C11H15NO. The lowest BCUT2D eigenvalue weighted by Gasteiger charge is -2.15. The van der Waals surface area contributed by atoms with Gasteiger partial charge in [-0.3, -0.25) is 0 Å². The van der Waals surface area contributed by atoms with Gasteiger partial charge in [0.15, 0.2) is 5.78 Å². The minimum absolute atomic E-state index is 0.0330. The van der Waals surface area contributed by atoms with Crippen LogP contribution in [0.25, 0.3) is 4.85 Å². The van der Waals surface area contributed by atoms with Crippen molar-refractivity contribution < 1.29 is 4.79 Å².